The molecule has 40 valence electrons. The van der Waals surface area contributed by atoms with E-state index in [1.165, 1.54) is 0 Å². The number of aliphatic hydroxyl groups is 1. The average Bonchev–Trinajstić information content (AvgIpc) is 2.43. The number of epoxide rings is 1. The van der Waals surface area contributed by atoms with Gasteiger partial charge >= 0.3 is 0 Å². The van der Waals surface area contributed by atoms with E-state index in [9.17, 15) is 0 Å². The molecule has 0 unspecified atom stereocenters. The molecule has 1 N–H and O–H groups in total. The number of hydrogen-bond acceptors (Lipinski definition) is 2. The van der Waals surface area contributed by atoms with Gasteiger partial charge in [0.1, 0.15) is 12.2 Å². The lowest BCUT2D eigenvalue weighted by Crippen LogP contribution is -1.94. The Morgan fingerprint density at radius 1 is 1.86 bits per heavy atom. The first-order chi connectivity index (χ1) is 3.38. The summed E-state index contributed by atoms with van der Waals surface area (Å²) in [4.78, 5) is 0. The highest BCUT2D eigenvalue weighted by Crippen LogP contribution is 2.20. The molecule has 1 aliphatic rings. The summed E-state index contributed by atoms with van der Waals surface area (Å²) >= 11 is 0. The van der Waals surface area contributed by atoms with Crippen LogP contribution in [0.5, 0.6) is 0 Å². The zero-order chi connectivity index (χ0) is 5.28. The highest BCUT2D eigenvalue weighted by Gasteiger charge is 2.34. The Labute approximate surface area is 42.4 Å². The van der Waals surface area contributed by atoms with Crippen LogP contribution in [0, 0.1) is 0 Å². The first kappa shape index (κ1) is 4.81. The highest BCUT2D eigenvalue weighted by atomic mass is 16.6. The van der Waals surface area contributed by atoms with Crippen molar-refractivity contribution in [2.75, 3.05) is 6.61 Å². The quantitative estimate of drug-likeness (QED) is 0.389. The number of hydrogen-bond donors (Lipinski definition) is 1. The minimum absolute atomic E-state index is 0.0532. The van der Waals surface area contributed by atoms with Crippen molar-refractivity contribution in [3.05, 3.63) is 12.7 Å². The third-order valence-electron chi connectivity index (χ3n) is 1.03. The molecule has 0 aromatic rings. The lowest BCUT2D eigenvalue weighted by molar-refractivity contribution is 0.243. The Balaban J connectivity index is 2.17. The topological polar surface area (TPSA) is 32.8 Å². The summed E-state index contributed by atoms with van der Waals surface area (Å²) in [6, 6.07) is 0. The first-order valence-electron chi connectivity index (χ1n) is 2.27. The van der Waals surface area contributed by atoms with E-state index < -0.39 is 0 Å². The van der Waals surface area contributed by atoms with Gasteiger partial charge in [-0.2, -0.15) is 0 Å². The number of rotatable bonds is 2. The largest absolute Gasteiger partial charge is 0.394 e. The maximum Gasteiger partial charge on any atom is 0.111 e. The third-order valence-corrected chi connectivity index (χ3v) is 1.03. The summed E-state index contributed by atoms with van der Waals surface area (Å²) in [7, 11) is 0. The summed E-state index contributed by atoms with van der Waals surface area (Å²) in [6.45, 7) is 3.61. The monoisotopic (exact) mass is 100 g/mol. The smallest absolute Gasteiger partial charge is 0.111 e. The highest BCUT2D eigenvalue weighted by molar-refractivity contribution is 4.97. The van der Waals surface area contributed by atoms with Crippen molar-refractivity contribution in [2.24, 2.45) is 0 Å². The lowest BCUT2D eigenvalue weighted by Gasteiger charge is -1.74. The number of aliphatic hydroxyl groups excluding tert-OH is 1. The zero-order valence-electron chi connectivity index (χ0n) is 4.00. The van der Waals surface area contributed by atoms with Crippen molar-refractivity contribution in [2.45, 2.75) is 12.2 Å². The van der Waals surface area contributed by atoms with Crippen molar-refractivity contribution in [3.63, 3.8) is 0 Å². The standard InChI is InChI=1S/C5H8O2/c1-2-4-5(3-6)7-4/h2,4-6H,1,3H2/t4-,5-/m1/s1. The van der Waals surface area contributed by atoms with Gasteiger partial charge in [-0.1, -0.05) is 6.08 Å². The lowest BCUT2D eigenvalue weighted by atomic mass is 10.3. The van der Waals surface area contributed by atoms with E-state index in [0.29, 0.717) is 0 Å². The molecule has 0 aromatic carbocycles. The van der Waals surface area contributed by atoms with Gasteiger partial charge in [0.05, 0.1) is 6.61 Å². The Morgan fingerprint density at radius 3 is 2.71 bits per heavy atom. The maximum absolute atomic E-state index is 8.33. The fourth-order valence-corrected chi connectivity index (χ4v) is 0.511. The van der Waals surface area contributed by atoms with Crippen molar-refractivity contribution >= 4 is 0 Å². The summed E-state index contributed by atoms with van der Waals surface area (Å²) in [5.41, 5.74) is 0. The molecule has 2 nitrogen and oxygen atoms in total. The molecule has 1 heterocycles. The van der Waals surface area contributed by atoms with Crippen LogP contribution in [0.15, 0.2) is 12.7 Å². The Morgan fingerprint density at radius 2 is 2.57 bits per heavy atom. The average molecular weight is 100 g/mol. The minimum atomic E-state index is 0.0532. The zero-order valence-corrected chi connectivity index (χ0v) is 4.00. The van der Waals surface area contributed by atoms with Crippen molar-refractivity contribution < 1.29 is 9.84 Å². The Kier molecular flexibility index (Phi) is 1.13. The predicted molar refractivity (Wildman–Crippen MR) is 25.9 cm³/mol. The van der Waals surface area contributed by atoms with Crippen molar-refractivity contribution in [1.29, 1.82) is 0 Å². The van der Waals surface area contributed by atoms with Gasteiger partial charge in [-0.25, -0.2) is 0 Å². The van der Waals surface area contributed by atoms with Crippen LogP contribution in [0.2, 0.25) is 0 Å². The van der Waals surface area contributed by atoms with Gasteiger partial charge < -0.3 is 9.84 Å². The van der Waals surface area contributed by atoms with Gasteiger partial charge in [0.2, 0.25) is 0 Å². The van der Waals surface area contributed by atoms with E-state index in [4.69, 9.17) is 9.84 Å². The minimum Gasteiger partial charge on any atom is -0.394 e. The molecule has 1 saturated heterocycles. The van der Waals surface area contributed by atoms with Gasteiger partial charge in [-0.05, 0) is 0 Å². The molecule has 0 radical (unpaired) electrons. The van der Waals surface area contributed by atoms with Crippen LogP contribution in [0.3, 0.4) is 0 Å². The van der Waals surface area contributed by atoms with Crippen LogP contribution in [-0.2, 0) is 4.74 Å². The second-order valence-corrected chi connectivity index (χ2v) is 1.56. The molecule has 0 aromatic heterocycles. The Hall–Kier alpha value is -0.340. The van der Waals surface area contributed by atoms with Crippen LogP contribution in [0.1, 0.15) is 0 Å². The fourth-order valence-electron chi connectivity index (χ4n) is 0.511. The molecule has 7 heavy (non-hydrogen) atoms. The van der Waals surface area contributed by atoms with Crippen LogP contribution in [0.25, 0.3) is 0 Å². The molecule has 0 aliphatic carbocycles. The van der Waals surface area contributed by atoms with Gasteiger partial charge in [0.15, 0.2) is 0 Å². The van der Waals surface area contributed by atoms with Crippen LogP contribution in [0.4, 0.5) is 0 Å². The van der Waals surface area contributed by atoms with E-state index in [1.807, 2.05) is 0 Å². The van der Waals surface area contributed by atoms with Crippen molar-refractivity contribution in [1.82, 2.24) is 0 Å². The van der Waals surface area contributed by atoms with Crippen LogP contribution in [-0.4, -0.2) is 23.9 Å². The van der Waals surface area contributed by atoms with Crippen LogP contribution >= 0.6 is 0 Å². The SMILES string of the molecule is C=C[C@H]1O[C@@H]1CO. The predicted octanol–water partition coefficient (Wildman–Crippen LogP) is -0.0679. The van der Waals surface area contributed by atoms with Crippen molar-refractivity contribution in [3.8, 4) is 0 Å². The Bertz CT molecular complexity index is 80.1. The molecule has 0 bridgehead atoms. The summed E-state index contributed by atoms with van der Waals surface area (Å²) in [6.07, 6.45) is 1.88. The summed E-state index contributed by atoms with van der Waals surface area (Å²) in [5, 5.41) is 8.33. The normalized spacial score (nSPS) is 37.9. The molecule has 0 saturated carbocycles. The van der Waals surface area contributed by atoms with Gasteiger partial charge in [-0.3, -0.25) is 0 Å². The maximum atomic E-state index is 8.33. The molecule has 2 atom stereocenters. The van der Waals surface area contributed by atoms with Gasteiger partial charge in [-0.15, -0.1) is 6.58 Å². The van der Waals surface area contributed by atoms with E-state index in [1.54, 1.807) is 6.08 Å². The molecule has 0 amide bonds. The second-order valence-electron chi connectivity index (χ2n) is 1.56. The van der Waals surface area contributed by atoms with E-state index in [-0.39, 0.29) is 18.8 Å². The molecule has 1 aliphatic heterocycles. The van der Waals surface area contributed by atoms with E-state index in [0.717, 1.165) is 0 Å². The molecule has 1 rings (SSSR count). The molecular weight excluding hydrogens is 92.1 g/mol. The molecule has 0 spiro atoms. The van der Waals surface area contributed by atoms with E-state index >= 15 is 0 Å². The molecule has 1 fully saturated rings. The fraction of sp³-hybridized carbons (Fsp3) is 0.600. The summed E-state index contributed by atoms with van der Waals surface area (Å²) < 4.78 is 4.85. The summed E-state index contributed by atoms with van der Waals surface area (Å²) in [5.74, 6) is 0. The third kappa shape index (κ3) is 0.813. The van der Waals surface area contributed by atoms with Gasteiger partial charge in [0, 0.05) is 0 Å². The molecule has 2 heteroatoms. The van der Waals surface area contributed by atoms with E-state index in [2.05, 4.69) is 6.58 Å². The van der Waals surface area contributed by atoms with Gasteiger partial charge in [0.25, 0.3) is 0 Å². The molecular formula is C5H8O2. The van der Waals surface area contributed by atoms with Crippen LogP contribution < -0.4 is 0 Å². The second kappa shape index (κ2) is 1.64. The first-order valence-corrected chi connectivity index (χ1v) is 2.27. The number of ether oxygens (including phenoxy) is 1.